The van der Waals surface area contributed by atoms with Gasteiger partial charge in [0.15, 0.2) is 0 Å². The van der Waals surface area contributed by atoms with Crippen molar-refractivity contribution in [2.45, 2.75) is 13.0 Å². The molecule has 88 valence electrons. The fourth-order valence-electron chi connectivity index (χ4n) is 1.67. The number of carbonyl (C=O) groups is 1. The van der Waals surface area contributed by atoms with Gasteiger partial charge < -0.3 is 14.2 Å². The van der Waals surface area contributed by atoms with Gasteiger partial charge in [-0.3, -0.25) is 4.79 Å². The molecular formula is C10H13ClN2O3. The number of alkyl halides is 1. The molecule has 0 aromatic carbocycles. The lowest BCUT2D eigenvalue weighted by molar-refractivity contribution is -0.0108. The number of aryl methyl sites for hydroxylation is 1. The molecule has 1 aromatic rings. The van der Waals surface area contributed by atoms with Crippen molar-refractivity contribution in [1.29, 1.82) is 0 Å². The predicted octanol–water partition coefficient (Wildman–Crippen LogP) is 1.06. The molecule has 0 N–H and O–H groups in total. The average molecular weight is 245 g/mol. The fraction of sp³-hybridized carbons (Fsp3) is 0.600. The summed E-state index contributed by atoms with van der Waals surface area (Å²) in [7, 11) is 0. The summed E-state index contributed by atoms with van der Waals surface area (Å²) in [5, 5.41) is 3.60. The zero-order chi connectivity index (χ0) is 11.5. The SMILES string of the molecule is Cc1oncc1C(=O)N1CCOC(CCl)C1. The minimum Gasteiger partial charge on any atom is -0.373 e. The molecule has 2 heterocycles. The topological polar surface area (TPSA) is 55.6 Å². The predicted molar refractivity (Wildman–Crippen MR) is 57.6 cm³/mol. The number of halogens is 1. The van der Waals surface area contributed by atoms with E-state index in [1.807, 2.05) is 0 Å². The van der Waals surface area contributed by atoms with Gasteiger partial charge in [0.2, 0.25) is 0 Å². The zero-order valence-electron chi connectivity index (χ0n) is 8.98. The van der Waals surface area contributed by atoms with Gasteiger partial charge in [-0.25, -0.2) is 0 Å². The van der Waals surface area contributed by atoms with Gasteiger partial charge in [-0.15, -0.1) is 11.6 Å². The molecule has 1 unspecified atom stereocenters. The van der Waals surface area contributed by atoms with Crippen LogP contribution in [0.4, 0.5) is 0 Å². The molecule has 1 aliphatic rings. The number of morpholine rings is 1. The van der Waals surface area contributed by atoms with Crippen molar-refractivity contribution >= 4 is 17.5 Å². The number of ether oxygens (including phenoxy) is 1. The largest absolute Gasteiger partial charge is 0.373 e. The van der Waals surface area contributed by atoms with E-state index in [-0.39, 0.29) is 12.0 Å². The first-order valence-corrected chi connectivity index (χ1v) is 5.64. The molecule has 0 aliphatic carbocycles. The number of nitrogens with zero attached hydrogens (tertiary/aromatic N) is 2. The highest BCUT2D eigenvalue weighted by molar-refractivity contribution is 6.18. The van der Waals surface area contributed by atoms with Crippen LogP contribution in [0.1, 0.15) is 16.1 Å². The standard InChI is InChI=1S/C10H13ClN2O3/c1-7-9(5-12-16-7)10(14)13-2-3-15-8(4-11)6-13/h5,8H,2-4,6H2,1H3. The van der Waals surface area contributed by atoms with Crippen LogP contribution in [-0.2, 0) is 4.74 Å². The van der Waals surface area contributed by atoms with Crippen molar-refractivity contribution in [2.75, 3.05) is 25.6 Å². The van der Waals surface area contributed by atoms with E-state index in [0.29, 0.717) is 36.9 Å². The first-order chi connectivity index (χ1) is 7.72. The quantitative estimate of drug-likeness (QED) is 0.730. The first-order valence-electron chi connectivity index (χ1n) is 5.10. The van der Waals surface area contributed by atoms with E-state index in [4.69, 9.17) is 20.9 Å². The van der Waals surface area contributed by atoms with Crippen LogP contribution in [0.25, 0.3) is 0 Å². The number of hydrogen-bond acceptors (Lipinski definition) is 4. The van der Waals surface area contributed by atoms with Gasteiger partial charge in [-0.05, 0) is 6.92 Å². The third-order valence-electron chi connectivity index (χ3n) is 2.58. The van der Waals surface area contributed by atoms with Crippen LogP contribution in [0.2, 0.25) is 0 Å². The molecule has 1 aliphatic heterocycles. The number of aromatic nitrogens is 1. The lowest BCUT2D eigenvalue weighted by Crippen LogP contribution is -2.46. The fourth-order valence-corrected chi connectivity index (χ4v) is 1.86. The Bertz CT molecular complexity index is 380. The third kappa shape index (κ3) is 2.20. The van der Waals surface area contributed by atoms with Gasteiger partial charge in [0.25, 0.3) is 5.91 Å². The normalized spacial score (nSPS) is 21.1. The molecule has 6 heteroatoms. The molecule has 2 rings (SSSR count). The Morgan fingerprint density at radius 2 is 2.56 bits per heavy atom. The van der Waals surface area contributed by atoms with E-state index in [1.54, 1.807) is 11.8 Å². The van der Waals surface area contributed by atoms with Gasteiger partial charge in [0.1, 0.15) is 11.3 Å². The van der Waals surface area contributed by atoms with E-state index in [9.17, 15) is 4.79 Å². The summed E-state index contributed by atoms with van der Waals surface area (Å²) in [5.74, 6) is 0.864. The average Bonchev–Trinajstić information content (AvgIpc) is 2.74. The molecule has 5 nitrogen and oxygen atoms in total. The molecule has 1 aromatic heterocycles. The maximum absolute atomic E-state index is 12.1. The second-order valence-electron chi connectivity index (χ2n) is 3.69. The monoisotopic (exact) mass is 244 g/mol. The Hall–Kier alpha value is -1.07. The lowest BCUT2D eigenvalue weighted by Gasteiger charge is -2.31. The summed E-state index contributed by atoms with van der Waals surface area (Å²) < 4.78 is 10.3. The van der Waals surface area contributed by atoms with Crippen LogP contribution < -0.4 is 0 Å². The van der Waals surface area contributed by atoms with Gasteiger partial charge in [0.05, 0.1) is 24.8 Å². The molecule has 1 atom stereocenters. The summed E-state index contributed by atoms with van der Waals surface area (Å²) >= 11 is 5.71. The van der Waals surface area contributed by atoms with E-state index in [0.717, 1.165) is 0 Å². The van der Waals surface area contributed by atoms with E-state index in [2.05, 4.69) is 5.16 Å². The second kappa shape index (κ2) is 4.84. The Morgan fingerprint density at radius 1 is 1.75 bits per heavy atom. The minimum absolute atomic E-state index is 0.0721. The molecule has 16 heavy (non-hydrogen) atoms. The van der Waals surface area contributed by atoms with E-state index < -0.39 is 0 Å². The molecule has 0 saturated carbocycles. The Morgan fingerprint density at radius 3 is 3.19 bits per heavy atom. The van der Waals surface area contributed by atoms with Crippen LogP contribution in [-0.4, -0.2) is 47.6 Å². The molecule has 1 saturated heterocycles. The Balaban J connectivity index is 2.07. The van der Waals surface area contributed by atoms with Crippen LogP contribution >= 0.6 is 11.6 Å². The number of rotatable bonds is 2. The number of carbonyl (C=O) groups excluding carboxylic acids is 1. The van der Waals surface area contributed by atoms with Gasteiger partial charge in [-0.1, -0.05) is 5.16 Å². The van der Waals surface area contributed by atoms with E-state index >= 15 is 0 Å². The zero-order valence-corrected chi connectivity index (χ0v) is 9.74. The smallest absolute Gasteiger partial charge is 0.259 e. The molecule has 1 fully saturated rings. The Kier molecular flexibility index (Phi) is 3.46. The maximum atomic E-state index is 12.1. The van der Waals surface area contributed by atoms with Crippen LogP contribution in [0.5, 0.6) is 0 Å². The minimum atomic E-state index is -0.0838. The molecule has 0 radical (unpaired) electrons. The van der Waals surface area contributed by atoms with Crippen molar-refractivity contribution < 1.29 is 14.1 Å². The Labute approximate surface area is 98.3 Å². The highest BCUT2D eigenvalue weighted by atomic mass is 35.5. The van der Waals surface area contributed by atoms with Crippen molar-refractivity contribution in [3.63, 3.8) is 0 Å². The highest BCUT2D eigenvalue weighted by Gasteiger charge is 2.26. The molecule has 0 spiro atoms. The lowest BCUT2D eigenvalue weighted by atomic mass is 10.2. The van der Waals surface area contributed by atoms with Crippen LogP contribution in [0.3, 0.4) is 0 Å². The molecular weight excluding hydrogens is 232 g/mol. The number of amides is 1. The molecule has 0 bridgehead atoms. The van der Waals surface area contributed by atoms with Gasteiger partial charge in [-0.2, -0.15) is 0 Å². The summed E-state index contributed by atoms with van der Waals surface area (Å²) in [6.45, 7) is 3.34. The number of hydrogen-bond donors (Lipinski definition) is 0. The van der Waals surface area contributed by atoms with Crippen molar-refractivity contribution in [3.05, 3.63) is 17.5 Å². The second-order valence-corrected chi connectivity index (χ2v) is 4.00. The van der Waals surface area contributed by atoms with Gasteiger partial charge in [0, 0.05) is 13.1 Å². The maximum Gasteiger partial charge on any atom is 0.259 e. The first kappa shape index (κ1) is 11.4. The van der Waals surface area contributed by atoms with Crippen LogP contribution in [0, 0.1) is 6.92 Å². The summed E-state index contributed by atoms with van der Waals surface area (Å²) in [6, 6.07) is 0. The molecule has 1 amide bonds. The third-order valence-corrected chi connectivity index (χ3v) is 2.92. The summed E-state index contributed by atoms with van der Waals surface area (Å²) in [6.07, 6.45) is 1.36. The summed E-state index contributed by atoms with van der Waals surface area (Å²) in [5.41, 5.74) is 0.509. The van der Waals surface area contributed by atoms with Gasteiger partial charge >= 0.3 is 0 Å². The van der Waals surface area contributed by atoms with Crippen molar-refractivity contribution in [3.8, 4) is 0 Å². The highest BCUT2D eigenvalue weighted by Crippen LogP contribution is 2.14. The van der Waals surface area contributed by atoms with Crippen molar-refractivity contribution in [2.24, 2.45) is 0 Å². The van der Waals surface area contributed by atoms with Crippen LogP contribution in [0.15, 0.2) is 10.7 Å². The van der Waals surface area contributed by atoms with E-state index in [1.165, 1.54) is 6.20 Å². The summed E-state index contributed by atoms with van der Waals surface area (Å²) in [4.78, 5) is 13.8. The van der Waals surface area contributed by atoms with Crippen molar-refractivity contribution in [1.82, 2.24) is 10.1 Å².